The number of hydrogen-bond donors (Lipinski definition) is 4. The van der Waals surface area contributed by atoms with E-state index in [1.54, 1.807) is 0 Å². The molecular weight excluding hydrogens is 284 g/mol. The highest BCUT2D eigenvalue weighted by Crippen LogP contribution is 2.26. The van der Waals surface area contributed by atoms with E-state index in [2.05, 4.69) is 0 Å². The third-order valence-corrected chi connectivity index (χ3v) is 3.20. The predicted molar refractivity (Wildman–Crippen MR) is 65.2 cm³/mol. The van der Waals surface area contributed by atoms with Crippen molar-refractivity contribution in [1.82, 2.24) is 0 Å². The SMILES string of the molecule is O=C([O-])c1ccccc1O[C@@H]1O[C@H](CO)[C@@H](O)[C@H](O)[C@@H]1O. The molecule has 0 aliphatic carbocycles. The molecule has 21 heavy (non-hydrogen) atoms. The zero-order valence-corrected chi connectivity index (χ0v) is 10.8. The van der Waals surface area contributed by atoms with Crippen molar-refractivity contribution in [2.75, 3.05) is 6.61 Å². The van der Waals surface area contributed by atoms with E-state index in [4.69, 9.17) is 14.6 Å². The van der Waals surface area contributed by atoms with Crippen LogP contribution < -0.4 is 9.84 Å². The van der Waals surface area contributed by atoms with Gasteiger partial charge in [-0.1, -0.05) is 12.1 Å². The Bertz CT molecular complexity index is 503. The molecule has 2 rings (SSSR count). The molecule has 0 spiro atoms. The summed E-state index contributed by atoms with van der Waals surface area (Å²) in [4.78, 5) is 11.0. The van der Waals surface area contributed by atoms with Crippen molar-refractivity contribution in [2.24, 2.45) is 0 Å². The Kier molecular flexibility index (Phi) is 4.76. The first-order chi connectivity index (χ1) is 9.95. The highest BCUT2D eigenvalue weighted by Gasteiger charge is 2.44. The molecule has 116 valence electrons. The number of benzene rings is 1. The van der Waals surface area contributed by atoms with Crippen LogP contribution in [0, 0.1) is 0 Å². The lowest BCUT2D eigenvalue weighted by Crippen LogP contribution is -2.60. The number of aliphatic hydroxyl groups excluding tert-OH is 4. The van der Waals surface area contributed by atoms with Crippen molar-refractivity contribution in [1.29, 1.82) is 0 Å². The predicted octanol–water partition coefficient (Wildman–Crippen LogP) is -2.77. The molecule has 5 atom stereocenters. The molecule has 1 heterocycles. The maximum Gasteiger partial charge on any atom is 0.229 e. The monoisotopic (exact) mass is 299 g/mol. The number of para-hydroxylation sites is 1. The van der Waals surface area contributed by atoms with Gasteiger partial charge in [-0.2, -0.15) is 0 Å². The number of carbonyl (C=O) groups excluding carboxylic acids is 1. The van der Waals surface area contributed by atoms with Crippen LogP contribution in [0.25, 0.3) is 0 Å². The van der Waals surface area contributed by atoms with Gasteiger partial charge in [0.2, 0.25) is 6.29 Å². The van der Waals surface area contributed by atoms with Crippen LogP contribution in [0.1, 0.15) is 10.4 Å². The van der Waals surface area contributed by atoms with Crippen LogP contribution in [0.5, 0.6) is 5.75 Å². The van der Waals surface area contributed by atoms with Gasteiger partial charge in [-0.05, 0) is 12.1 Å². The lowest BCUT2D eigenvalue weighted by atomic mass is 9.99. The first-order valence-electron chi connectivity index (χ1n) is 6.23. The zero-order valence-electron chi connectivity index (χ0n) is 10.8. The third kappa shape index (κ3) is 3.14. The Morgan fingerprint density at radius 2 is 1.86 bits per heavy atom. The fourth-order valence-corrected chi connectivity index (χ4v) is 2.03. The Labute approximate surface area is 119 Å². The quantitative estimate of drug-likeness (QED) is 0.468. The normalized spacial score (nSPS) is 32.7. The molecule has 1 aromatic carbocycles. The minimum absolute atomic E-state index is 0.123. The number of carboxylic acids is 1. The van der Waals surface area contributed by atoms with Gasteiger partial charge in [0, 0.05) is 5.56 Å². The van der Waals surface area contributed by atoms with Gasteiger partial charge in [-0.25, -0.2) is 0 Å². The van der Waals surface area contributed by atoms with Crippen LogP contribution in [0.15, 0.2) is 24.3 Å². The van der Waals surface area contributed by atoms with Crippen LogP contribution in [0.3, 0.4) is 0 Å². The van der Waals surface area contributed by atoms with Crippen molar-refractivity contribution in [2.45, 2.75) is 30.7 Å². The van der Waals surface area contributed by atoms with E-state index in [0.29, 0.717) is 0 Å². The maximum absolute atomic E-state index is 11.0. The van der Waals surface area contributed by atoms with Crippen LogP contribution in [-0.4, -0.2) is 63.7 Å². The molecule has 1 aliphatic rings. The zero-order chi connectivity index (χ0) is 15.6. The van der Waals surface area contributed by atoms with E-state index in [0.717, 1.165) is 0 Å². The fourth-order valence-electron chi connectivity index (χ4n) is 2.03. The molecule has 1 saturated heterocycles. The molecule has 1 aromatic rings. The second-order valence-corrected chi connectivity index (χ2v) is 4.60. The largest absolute Gasteiger partial charge is 0.545 e. The van der Waals surface area contributed by atoms with Crippen LogP contribution in [0.2, 0.25) is 0 Å². The molecule has 0 radical (unpaired) electrons. The summed E-state index contributed by atoms with van der Waals surface area (Å²) in [6.07, 6.45) is -7.31. The summed E-state index contributed by atoms with van der Waals surface area (Å²) in [6.45, 7) is -0.604. The van der Waals surface area contributed by atoms with Gasteiger partial charge in [-0.3, -0.25) is 0 Å². The van der Waals surface area contributed by atoms with Gasteiger partial charge < -0.3 is 39.8 Å². The van der Waals surface area contributed by atoms with Crippen molar-refractivity contribution in [3.05, 3.63) is 29.8 Å². The van der Waals surface area contributed by atoms with Gasteiger partial charge >= 0.3 is 0 Å². The van der Waals surface area contributed by atoms with E-state index in [-0.39, 0.29) is 11.3 Å². The van der Waals surface area contributed by atoms with E-state index < -0.39 is 43.3 Å². The summed E-state index contributed by atoms with van der Waals surface area (Å²) in [6, 6.07) is 5.54. The number of ether oxygens (including phenoxy) is 2. The average Bonchev–Trinajstić information content (AvgIpc) is 2.48. The number of hydrogen-bond acceptors (Lipinski definition) is 8. The number of rotatable bonds is 4. The minimum Gasteiger partial charge on any atom is -0.545 e. The van der Waals surface area contributed by atoms with E-state index in [9.17, 15) is 25.2 Å². The Balaban J connectivity index is 2.20. The van der Waals surface area contributed by atoms with Gasteiger partial charge in [0.15, 0.2) is 0 Å². The Morgan fingerprint density at radius 1 is 1.19 bits per heavy atom. The standard InChI is InChI=1S/C13H16O8/c14-5-8-9(15)10(16)11(17)13(21-8)20-7-4-2-1-3-6(7)12(18)19/h1-4,8-11,13-17H,5H2,(H,18,19)/p-1/t8-,9-,10+,11+,13-/m1/s1. The van der Waals surface area contributed by atoms with Crippen molar-refractivity contribution in [3.8, 4) is 5.75 Å². The molecule has 4 N–H and O–H groups in total. The minimum atomic E-state index is -1.61. The van der Waals surface area contributed by atoms with Crippen LogP contribution in [0.4, 0.5) is 0 Å². The van der Waals surface area contributed by atoms with Crippen molar-refractivity contribution in [3.63, 3.8) is 0 Å². The van der Waals surface area contributed by atoms with Crippen molar-refractivity contribution >= 4 is 5.97 Å². The average molecular weight is 299 g/mol. The molecule has 1 aliphatic heterocycles. The summed E-state index contributed by atoms with van der Waals surface area (Å²) in [5.74, 6) is -1.60. The number of carboxylic acid groups (broad SMARTS) is 1. The first-order valence-corrected chi connectivity index (χ1v) is 6.23. The summed E-state index contributed by atoms with van der Waals surface area (Å²) in [7, 11) is 0. The molecule has 0 unspecified atom stereocenters. The van der Waals surface area contributed by atoms with Crippen molar-refractivity contribution < 1.29 is 39.8 Å². The summed E-state index contributed by atoms with van der Waals surface area (Å²) >= 11 is 0. The van der Waals surface area contributed by atoms with E-state index in [1.165, 1.54) is 24.3 Å². The summed E-state index contributed by atoms with van der Waals surface area (Å²) in [5.41, 5.74) is -0.255. The highest BCUT2D eigenvalue weighted by molar-refractivity contribution is 5.89. The topological polar surface area (TPSA) is 140 Å². The molecule has 0 amide bonds. The molecule has 0 bridgehead atoms. The maximum atomic E-state index is 11.0. The van der Waals surface area contributed by atoms with Crippen LogP contribution in [-0.2, 0) is 4.74 Å². The molecule has 0 saturated carbocycles. The Hall–Kier alpha value is -1.71. The molecule has 1 fully saturated rings. The molecular formula is C13H15O8-. The summed E-state index contributed by atoms with van der Waals surface area (Å²) in [5, 5.41) is 49.1. The third-order valence-electron chi connectivity index (χ3n) is 3.20. The number of aliphatic hydroxyl groups is 4. The Morgan fingerprint density at radius 3 is 2.48 bits per heavy atom. The van der Waals surface area contributed by atoms with Gasteiger partial charge in [-0.15, -0.1) is 0 Å². The molecule has 0 aromatic heterocycles. The van der Waals surface area contributed by atoms with Gasteiger partial charge in [0.05, 0.1) is 12.6 Å². The molecule has 8 heteroatoms. The fraction of sp³-hybridized carbons (Fsp3) is 0.462. The number of carbonyl (C=O) groups is 1. The van der Waals surface area contributed by atoms with E-state index >= 15 is 0 Å². The van der Waals surface area contributed by atoms with Gasteiger partial charge in [0.1, 0.15) is 30.2 Å². The number of aromatic carboxylic acids is 1. The first kappa shape index (κ1) is 15.7. The second-order valence-electron chi connectivity index (χ2n) is 4.60. The smallest absolute Gasteiger partial charge is 0.229 e. The summed E-state index contributed by atoms with van der Waals surface area (Å²) < 4.78 is 10.4. The lowest BCUT2D eigenvalue weighted by molar-refractivity contribution is -0.278. The molecule has 8 nitrogen and oxygen atoms in total. The van der Waals surface area contributed by atoms with Gasteiger partial charge in [0.25, 0.3) is 0 Å². The van der Waals surface area contributed by atoms with Crippen LogP contribution >= 0.6 is 0 Å². The second kappa shape index (κ2) is 6.37. The lowest BCUT2D eigenvalue weighted by Gasteiger charge is -2.39. The highest BCUT2D eigenvalue weighted by atomic mass is 16.7. The van der Waals surface area contributed by atoms with E-state index in [1.807, 2.05) is 0 Å².